The van der Waals surface area contributed by atoms with Gasteiger partial charge in [0, 0.05) is 45.0 Å². The number of likely N-dealkylation sites (N-methyl/N-ethyl adjacent to an activating group) is 1. The fraction of sp³-hybridized carbons (Fsp3) is 0.625. The van der Waals surface area contributed by atoms with E-state index in [4.69, 9.17) is 5.73 Å². The Hall–Kier alpha value is -1.42. The molecule has 1 aromatic carbocycles. The number of anilines is 3. The lowest BCUT2D eigenvalue weighted by atomic mass is 10.1. The predicted molar refractivity (Wildman–Crippen MR) is 86.6 cm³/mol. The maximum atomic E-state index is 6.31. The average Bonchev–Trinajstić information content (AvgIpc) is 2.49. The van der Waals surface area contributed by atoms with Crippen LogP contribution >= 0.6 is 0 Å². The first-order valence-electron chi connectivity index (χ1n) is 7.82. The standard InChI is InChI=1S/C16H26N4/c1-18-9-11-20(12-10-18)16-6-5-14(13-15(16)17)19-7-3-2-4-8-19/h5-6,13H,2-4,7-12,17H2,1H3. The fourth-order valence-corrected chi connectivity index (χ4v) is 3.23. The Morgan fingerprint density at radius 2 is 1.55 bits per heavy atom. The molecule has 3 rings (SSSR count). The van der Waals surface area contributed by atoms with Gasteiger partial charge in [0.2, 0.25) is 0 Å². The molecule has 1 aromatic rings. The second-order valence-electron chi connectivity index (χ2n) is 6.08. The minimum atomic E-state index is 0.928. The molecule has 20 heavy (non-hydrogen) atoms. The van der Waals surface area contributed by atoms with Crippen molar-refractivity contribution in [1.82, 2.24) is 4.90 Å². The van der Waals surface area contributed by atoms with Gasteiger partial charge in [0.1, 0.15) is 0 Å². The second-order valence-corrected chi connectivity index (χ2v) is 6.08. The zero-order chi connectivity index (χ0) is 13.9. The van der Waals surface area contributed by atoms with Crippen LogP contribution in [0.15, 0.2) is 18.2 Å². The summed E-state index contributed by atoms with van der Waals surface area (Å²) in [7, 11) is 2.18. The Labute approximate surface area is 122 Å². The number of rotatable bonds is 2. The summed E-state index contributed by atoms with van der Waals surface area (Å²) >= 11 is 0. The molecule has 2 aliphatic rings. The van der Waals surface area contributed by atoms with Gasteiger partial charge in [0.15, 0.2) is 0 Å². The molecular formula is C16H26N4. The van der Waals surface area contributed by atoms with Crippen LogP contribution in [0.25, 0.3) is 0 Å². The number of nitrogens with zero attached hydrogens (tertiary/aromatic N) is 3. The Morgan fingerprint density at radius 3 is 2.20 bits per heavy atom. The third kappa shape index (κ3) is 2.85. The van der Waals surface area contributed by atoms with Crippen LogP contribution in [0.5, 0.6) is 0 Å². The van der Waals surface area contributed by atoms with Crippen LogP contribution in [0, 0.1) is 0 Å². The number of benzene rings is 1. The van der Waals surface area contributed by atoms with Gasteiger partial charge in [-0.3, -0.25) is 0 Å². The summed E-state index contributed by atoms with van der Waals surface area (Å²) < 4.78 is 0. The molecule has 0 atom stereocenters. The molecule has 2 N–H and O–H groups in total. The SMILES string of the molecule is CN1CCN(c2ccc(N3CCCCC3)cc2N)CC1. The van der Waals surface area contributed by atoms with Crippen LogP contribution in [0.4, 0.5) is 17.1 Å². The molecule has 2 saturated heterocycles. The van der Waals surface area contributed by atoms with Crippen molar-refractivity contribution >= 4 is 17.1 Å². The molecule has 0 radical (unpaired) electrons. The van der Waals surface area contributed by atoms with E-state index in [1.54, 1.807) is 0 Å². The number of nitrogens with two attached hydrogens (primary N) is 1. The summed E-state index contributed by atoms with van der Waals surface area (Å²) in [6.07, 6.45) is 3.98. The topological polar surface area (TPSA) is 35.7 Å². The van der Waals surface area contributed by atoms with Crippen molar-refractivity contribution in [3.8, 4) is 0 Å². The van der Waals surface area contributed by atoms with Gasteiger partial charge in [0.05, 0.1) is 11.4 Å². The van der Waals surface area contributed by atoms with Gasteiger partial charge in [-0.1, -0.05) is 0 Å². The molecule has 110 valence electrons. The molecule has 0 aliphatic carbocycles. The molecule has 2 aliphatic heterocycles. The largest absolute Gasteiger partial charge is 0.397 e. The zero-order valence-corrected chi connectivity index (χ0v) is 12.5. The third-order valence-electron chi connectivity index (χ3n) is 4.58. The molecule has 4 nitrogen and oxygen atoms in total. The number of piperidine rings is 1. The minimum Gasteiger partial charge on any atom is -0.397 e. The quantitative estimate of drug-likeness (QED) is 0.837. The van der Waals surface area contributed by atoms with Crippen LogP contribution < -0.4 is 15.5 Å². The normalized spacial score (nSPS) is 21.2. The number of piperazine rings is 1. The number of hydrogen-bond acceptors (Lipinski definition) is 4. The lowest BCUT2D eigenvalue weighted by Crippen LogP contribution is -2.44. The molecule has 0 bridgehead atoms. The smallest absolute Gasteiger partial charge is 0.0602 e. The first-order chi connectivity index (χ1) is 9.74. The van der Waals surface area contributed by atoms with Gasteiger partial charge in [-0.25, -0.2) is 0 Å². The van der Waals surface area contributed by atoms with E-state index < -0.39 is 0 Å². The maximum Gasteiger partial charge on any atom is 0.0602 e. The van der Waals surface area contributed by atoms with Crippen molar-refractivity contribution in [2.45, 2.75) is 19.3 Å². The molecule has 0 amide bonds. The Balaban J connectivity index is 1.73. The second kappa shape index (κ2) is 5.92. The van der Waals surface area contributed by atoms with Gasteiger partial charge in [-0.2, -0.15) is 0 Å². The van der Waals surface area contributed by atoms with Crippen LogP contribution in [-0.4, -0.2) is 51.2 Å². The summed E-state index contributed by atoms with van der Waals surface area (Å²) in [6, 6.07) is 6.62. The molecule has 0 saturated carbocycles. The van der Waals surface area contributed by atoms with Gasteiger partial charge in [-0.15, -0.1) is 0 Å². The lowest BCUT2D eigenvalue weighted by molar-refractivity contribution is 0.313. The summed E-state index contributed by atoms with van der Waals surface area (Å²) in [5, 5.41) is 0. The van der Waals surface area contributed by atoms with Gasteiger partial charge >= 0.3 is 0 Å². The van der Waals surface area contributed by atoms with E-state index in [1.165, 1.54) is 43.7 Å². The summed E-state index contributed by atoms with van der Waals surface area (Å²) in [5.41, 5.74) is 9.74. The number of nitrogen functional groups attached to an aromatic ring is 1. The molecule has 2 fully saturated rings. The van der Waals surface area contributed by atoms with E-state index in [9.17, 15) is 0 Å². The van der Waals surface area contributed by atoms with Crippen molar-refractivity contribution in [3.05, 3.63) is 18.2 Å². The predicted octanol–water partition coefficient (Wildman–Crippen LogP) is 2.01. The first-order valence-corrected chi connectivity index (χ1v) is 7.82. The van der Waals surface area contributed by atoms with Crippen molar-refractivity contribution in [1.29, 1.82) is 0 Å². The Bertz CT molecular complexity index is 446. The monoisotopic (exact) mass is 274 g/mol. The van der Waals surface area contributed by atoms with E-state index in [0.29, 0.717) is 0 Å². The van der Waals surface area contributed by atoms with Crippen LogP contribution in [0.3, 0.4) is 0 Å². The summed E-state index contributed by atoms with van der Waals surface area (Å²) in [4.78, 5) is 7.25. The molecule has 0 spiro atoms. The van der Waals surface area contributed by atoms with E-state index >= 15 is 0 Å². The van der Waals surface area contributed by atoms with Crippen LogP contribution in [0.2, 0.25) is 0 Å². The molecule has 0 unspecified atom stereocenters. The van der Waals surface area contributed by atoms with Crippen LogP contribution in [0.1, 0.15) is 19.3 Å². The van der Waals surface area contributed by atoms with Gasteiger partial charge in [-0.05, 0) is 44.5 Å². The molecule has 0 aromatic heterocycles. The van der Waals surface area contributed by atoms with E-state index in [2.05, 4.69) is 39.9 Å². The highest BCUT2D eigenvalue weighted by atomic mass is 15.3. The number of hydrogen-bond donors (Lipinski definition) is 1. The van der Waals surface area contributed by atoms with Crippen molar-refractivity contribution in [3.63, 3.8) is 0 Å². The summed E-state index contributed by atoms with van der Waals surface area (Å²) in [6.45, 7) is 6.73. The molecule has 2 heterocycles. The highest BCUT2D eigenvalue weighted by molar-refractivity contribution is 5.73. The van der Waals surface area contributed by atoms with Crippen molar-refractivity contribution in [2.24, 2.45) is 0 Å². The van der Waals surface area contributed by atoms with Crippen molar-refractivity contribution < 1.29 is 0 Å². The van der Waals surface area contributed by atoms with E-state index in [1.807, 2.05) is 0 Å². The Morgan fingerprint density at radius 1 is 0.850 bits per heavy atom. The highest BCUT2D eigenvalue weighted by Crippen LogP contribution is 2.30. The van der Waals surface area contributed by atoms with E-state index in [0.717, 1.165) is 31.9 Å². The minimum absolute atomic E-state index is 0.928. The van der Waals surface area contributed by atoms with Gasteiger partial charge < -0.3 is 20.4 Å². The highest BCUT2D eigenvalue weighted by Gasteiger charge is 2.17. The third-order valence-corrected chi connectivity index (χ3v) is 4.58. The summed E-state index contributed by atoms with van der Waals surface area (Å²) in [5.74, 6) is 0. The fourth-order valence-electron chi connectivity index (χ4n) is 3.23. The maximum absolute atomic E-state index is 6.31. The Kier molecular flexibility index (Phi) is 4.01. The zero-order valence-electron chi connectivity index (χ0n) is 12.5. The average molecular weight is 274 g/mol. The van der Waals surface area contributed by atoms with E-state index in [-0.39, 0.29) is 0 Å². The van der Waals surface area contributed by atoms with Crippen LogP contribution in [-0.2, 0) is 0 Å². The molecular weight excluding hydrogens is 248 g/mol. The van der Waals surface area contributed by atoms with Crippen molar-refractivity contribution in [2.75, 3.05) is 61.8 Å². The lowest BCUT2D eigenvalue weighted by Gasteiger charge is -2.35. The molecule has 4 heteroatoms. The first kappa shape index (κ1) is 13.6. The van der Waals surface area contributed by atoms with Gasteiger partial charge in [0.25, 0.3) is 0 Å².